The maximum Gasteiger partial charge on any atom is 0.317 e. The molecule has 0 unspecified atom stereocenters. The van der Waals surface area contributed by atoms with E-state index in [1.807, 2.05) is 30.3 Å². The minimum Gasteiger partial charge on any atom is -0.337 e. The molecule has 0 bridgehead atoms. The Morgan fingerprint density at radius 2 is 2.04 bits per heavy atom. The highest BCUT2D eigenvalue weighted by atomic mass is 32.2. The summed E-state index contributed by atoms with van der Waals surface area (Å²) in [6, 6.07) is 9.17. The van der Waals surface area contributed by atoms with Gasteiger partial charge in [0.05, 0.1) is 5.75 Å². The first-order chi connectivity index (χ1) is 11.0. The molecule has 0 spiro atoms. The van der Waals surface area contributed by atoms with Crippen LogP contribution in [0.1, 0.15) is 25.3 Å². The largest absolute Gasteiger partial charge is 0.337 e. The molecule has 23 heavy (non-hydrogen) atoms. The van der Waals surface area contributed by atoms with Crippen molar-refractivity contribution in [3.63, 3.8) is 0 Å². The third-order valence-corrected chi connectivity index (χ3v) is 5.26. The molecule has 1 fully saturated rings. The van der Waals surface area contributed by atoms with Crippen LogP contribution in [0.4, 0.5) is 4.79 Å². The summed E-state index contributed by atoms with van der Waals surface area (Å²) in [5.41, 5.74) is 0.905. The maximum atomic E-state index is 12.0. The van der Waals surface area contributed by atoms with E-state index in [0.29, 0.717) is 5.92 Å². The summed E-state index contributed by atoms with van der Waals surface area (Å²) in [6.07, 6.45) is 2.15. The normalized spacial score (nSPS) is 18.7. The Labute approximate surface area is 138 Å². The highest BCUT2D eigenvalue weighted by Crippen LogP contribution is 2.15. The molecule has 1 atom stereocenters. The number of benzene rings is 1. The van der Waals surface area contributed by atoms with Crippen LogP contribution in [0.15, 0.2) is 30.3 Å². The number of hydrogen-bond donors (Lipinski definition) is 2. The SMILES string of the molecule is C[C@@H]1CCCN(C(=O)NCCS(=O)(=O)NCc2ccccc2)C1. The number of rotatable bonds is 6. The zero-order chi connectivity index (χ0) is 16.7. The monoisotopic (exact) mass is 339 g/mol. The molecule has 6 nitrogen and oxygen atoms in total. The summed E-state index contributed by atoms with van der Waals surface area (Å²) in [6.45, 7) is 3.99. The molecule has 2 amide bonds. The van der Waals surface area contributed by atoms with Crippen LogP contribution in [0, 0.1) is 5.92 Å². The molecule has 128 valence electrons. The number of piperidine rings is 1. The van der Waals surface area contributed by atoms with Gasteiger partial charge < -0.3 is 10.2 Å². The summed E-state index contributed by atoms with van der Waals surface area (Å²) >= 11 is 0. The lowest BCUT2D eigenvalue weighted by Gasteiger charge is -2.30. The first-order valence-electron chi connectivity index (χ1n) is 8.00. The second-order valence-electron chi connectivity index (χ2n) is 6.05. The van der Waals surface area contributed by atoms with Gasteiger partial charge in [0, 0.05) is 26.2 Å². The van der Waals surface area contributed by atoms with E-state index in [1.54, 1.807) is 4.90 Å². The first kappa shape index (κ1) is 17.7. The summed E-state index contributed by atoms with van der Waals surface area (Å²) in [5.74, 6) is 0.389. The molecule has 0 aliphatic carbocycles. The van der Waals surface area contributed by atoms with Gasteiger partial charge in [-0.25, -0.2) is 17.9 Å². The summed E-state index contributed by atoms with van der Waals surface area (Å²) < 4.78 is 26.4. The molecule has 1 saturated heterocycles. The quantitative estimate of drug-likeness (QED) is 0.825. The fraction of sp³-hybridized carbons (Fsp3) is 0.562. The number of sulfonamides is 1. The van der Waals surface area contributed by atoms with Crippen LogP contribution >= 0.6 is 0 Å². The van der Waals surface area contributed by atoms with Crippen LogP contribution in [-0.2, 0) is 16.6 Å². The Hall–Kier alpha value is -1.60. The van der Waals surface area contributed by atoms with Crippen LogP contribution in [-0.4, -0.2) is 44.7 Å². The van der Waals surface area contributed by atoms with E-state index in [1.165, 1.54) is 0 Å². The number of carbonyl (C=O) groups is 1. The highest BCUT2D eigenvalue weighted by Gasteiger charge is 2.21. The summed E-state index contributed by atoms with van der Waals surface area (Å²) in [5, 5.41) is 2.70. The molecule has 0 radical (unpaired) electrons. The van der Waals surface area contributed by atoms with E-state index >= 15 is 0 Å². The second kappa shape index (κ2) is 8.31. The molecule has 1 heterocycles. The van der Waals surface area contributed by atoms with Crippen LogP contribution in [0.3, 0.4) is 0 Å². The molecule has 0 saturated carbocycles. The maximum absolute atomic E-state index is 12.0. The molecule has 2 N–H and O–H groups in total. The number of likely N-dealkylation sites (tertiary alicyclic amines) is 1. The Balaban J connectivity index is 1.70. The number of amides is 2. The molecular weight excluding hydrogens is 314 g/mol. The topological polar surface area (TPSA) is 78.5 Å². The minimum absolute atomic E-state index is 0.116. The van der Waals surface area contributed by atoms with Gasteiger partial charge >= 0.3 is 6.03 Å². The number of hydrogen-bond acceptors (Lipinski definition) is 3. The van der Waals surface area contributed by atoms with Crippen molar-refractivity contribution in [1.29, 1.82) is 0 Å². The lowest BCUT2D eigenvalue weighted by molar-refractivity contribution is 0.170. The summed E-state index contributed by atoms with van der Waals surface area (Å²) in [7, 11) is -3.40. The minimum atomic E-state index is -3.40. The summed E-state index contributed by atoms with van der Waals surface area (Å²) in [4.78, 5) is 13.8. The Kier molecular flexibility index (Phi) is 6.41. The van der Waals surface area contributed by atoms with Gasteiger partial charge in [-0.15, -0.1) is 0 Å². The third-order valence-electron chi connectivity index (χ3n) is 3.93. The van der Waals surface area contributed by atoms with Crippen molar-refractivity contribution in [2.45, 2.75) is 26.3 Å². The van der Waals surface area contributed by atoms with Crippen molar-refractivity contribution in [2.75, 3.05) is 25.4 Å². The molecular formula is C16H25N3O3S. The predicted octanol–water partition coefficient (Wildman–Crippen LogP) is 1.55. The smallest absolute Gasteiger partial charge is 0.317 e. The number of nitrogens with one attached hydrogen (secondary N) is 2. The lowest BCUT2D eigenvalue weighted by atomic mass is 10.0. The molecule has 7 heteroatoms. The van der Waals surface area contributed by atoms with Crippen molar-refractivity contribution in [2.24, 2.45) is 5.92 Å². The number of carbonyl (C=O) groups excluding carboxylic acids is 1. The van der Waals surface area contributed by atoms with Gasteiger partial charge in [0.2, 0.25) is 10.0 Å². The van der Waals surface area contributed by atoms with Crippen molar-refractivity contribution < 1.29 is 13.2 Å². The zero-order valence-corrected chi connectivity index (χ0v) is 14.3. The second-order valence-corrected chi connectivity index (χ2v) is 7.98. The van der Waals surface area contributed by atoms with Crippen LogP contribution in [0.5, 0.6) is 0 Å². The van der Waals surface area contributed by atoms with Gasteiger partial charge in [-0.3, -0.25) is 0 Å². The van der Waals surface area contributed by atoms with Crippen LogP contribution in [0.2, 0.25) is 0 Å². The van der Waals surface area contributed by atoms with Crippen LogP contribution < -0.4 is 10.0 Å². The standard InChI is InChI=1S/C16H25N3O3S/c1-14-6-5-10-19(13-14)16(20)17-9-11-23(21,22)18-12-15-7-3-2-4-8-15/h2-4,7-8,14,18H,5-6,9-13H2,1H3,(H,17,20)/t14-/m1/s1. The van der Waals surface area contributed by atoms with E-state index in [2.05, 4.69) is 17.0 Å². The fourth-order valence-electron chi connectivity index (χ4n) is 2.64. The molecule has 0 aromatic heterocycles. The van der Waals surface area contributed by atoms with Crippen molar-refractivity contribution in [1.82, 2.24) is 14.9 Å². The molecule has 1 aromatic carbocycles. The fourth-order valence-corrected chi connectivity index (χ4v) is 3.54. The van der Waals surface area contributed by atoms with E-state index in [4.69, 9.17) is 0 Å². The molecule has 1 aromatic rings. The van der Waals surface area contributed by atoms with Gasteiger partial charge in [0.1, 0.15) is 0 Å². The first-order valence-corrected chi connectivity index (χ1v) is 9.65. The molecule has 2 rings (SSSR count). The zero-order valence-electron chi connectivity index (χ0n) is 13.5. The van der Waals surface area contributed by atoms with E-state index in [-0.39, 0.29) is 24.9 Å². The van der Waals surface area contributed by atoms with E-state index in [0.717, 1.165) is 31.5 Å². The van der Waals surface area contributed by atoms with Crippen molar-refractivity contribution in [3.8, 4) is 0 Å². The van der Waals surface area contributed by atoms with Gasteiger partial charge in [0.15, 0.2) is 0 Å². The average molecular weight is 339 g/mol. The Bertz CT molecular complexity index is 604. The third kappa shape index (κ3) is 6.19. The predicted molar refractivity (Wildman–Crippen MR) is 90.4 cm³/mol. The Morgan fingerprint density at radius 1 is 1.30 bits per heavy atom. The van der Waals surface area contributed by atoms with Gasteiger partial charge in [-0.05, 0) is 24.3 Å². The van der Waals surface area contributed by atoms with Gasteiger partial charge in [-0.2, -0.15) is 0 Å². The highest BCUT2D eigenvalue weighted by molar-refractivity contribution is 7.89. The molecule has 1 aliphatic rings. The molecule has 1 aliphatic heterocycles. The van der Waals surface area contributed by atoms with Gasteiger partial charge in [0.25, 0.3) is 0 Å². The van der Waals surface area contributed by atoms with E-state index in [9.17, 15) is 13.2 Å². The van der Waals surface area contributed by atoms with E-state index < -0.39 is 10.0 Å². The van der Waals surface area contributed by atoms with Gasteiger partial charge in [-0.1, -0.05) is 37.3 Å². The van der Waals surface area contributed by atoms with Crippen LogP contribution in [0.25, 0.3) is 0 Å². The van der Waals surface area contributed by atoms with Crippen molar-refractivity contribution in [3.05, 3.63) is 35.9 Å². The average Bonchev–Trinajstić information content (AvgIpc) is 2.54. The number of nitrogens with zero attached hydrogens (tertiary/aromatic N) is 1. The van der Waals surface area contributed by atoms with Crippen molar-refractivity contribution >= 4 is 16.1 Å². The number of urea groups is 1. The Morgan fingerprint density at radius 3 is 2.74 bits per heavy atom. The lowest BCUT2D eigenvalue weighted by Crippen LogP contribution is -2.46.